The first-order valence-electron chi connectivity index (χ1n) is 6.33. The van der Waals surface area contributed by atoms with Gasteiger partial charge in [-0.05, 0) is 25.7 Å². The van der Waals surface area contributed by atoms with Gasteiger partial charge in [0.1, 0.15) is 11.9 Å². The van der Waals surface area contributed by atoms with E-state index in [0.29, 0.717) is 0 Å². The van der Waals surface area contributed by atoms with Crippen LogP contribution in [0.3, 0.4) is 0 Å². The number of aromatic nitrogens is 2. The molecule has 1 aliphatic rings. The lowest BCUT2D eigenvalue weighted by molar-refractivity contribution is -0.128. The summed E-state index contributed by atoms with van der Waals surface area (Å²) in [6.07, 6.45) is 3.09. The number of hydrogen-bond donors (Lipinski definition) is 3. The quantitative estimate of drug-likeness (QED) is 0.681. The van der Waals surface area contributed by atoms with Crippen LogP contribution in [0, 0.1) is 5.92 Å². The van der Waals surface area contributed by atoms with Gasteiger partial charge in [0.15, 0.2) is 0 Å². The van der Waals surface area contributed by atoms with Crippen LogP contribution < -0.4 is 5.32 Å². The number of esters is 1. The lowest BCUT2D eigenvalue weighted by Gasteiger charge is -2.29. The van der Waals surface area contributed by atoms with Gasteiger partial charge >= 0.3 is 5.97 Å². The van der Waals surface area contributed by atoms with Crippen molar-refractivity contribution < 1.29 is 19.4 Å². The Bertz CT molecular complexity index is 467. The number of imidazole rings is 1. The monoisotopic (exact) mass is 267 g/mol. The number of nitrogens with one attached hydrogen (secondary N) is 2. The molecule has 1 atom stereocenters. The highest BCUT2D eigenvalue weighted by atomic mass is 16.5. The van der Waals surface area contributed by atoms with Crippen LogP contribution in [0.2, 0.25) is 0 Å². The minimum absolute atomic E-state index is 0.0234. The molecular weight excluding hydrogens is 250 g/mol. The van der Waals surface area contributed by atoms with E-state index < -0.39 is 18.0 Å². The number of carbonyl (C=O) groups is 2. The fraction of sp³-hybridized carbons (Fsp3) is 0.583. The standard InChI is InChI=1S/C12H17N3O4/c1-2-19-12(18)10-13-6-8(14-10)15-11(17)9(16)7-4-3-5-7/h6-7,9,16H,2-5H2,1H3,(H,13,14)(H,15,17). The van der Waals surface area contributed by atoms with E-state index in [1.165, 1.54) is 6.20 Å². The molecule has 1 amide bonds. The van der Waals surface area contributed by atoms with Crippen molar-refractivity contribution in [3.05, 3.63) is 12.0 Å². The van der Waals surface area contributed by atoms with Crippen molar-refractivity contribution in [3.63, 3.8) is 0 Å². The van der Waals surface area contributed by atoms with Crippen LogP contribution in [0.4, 0.5) is 5.82 Å². The summed E-state index contributed by atoms with van der Waals surface area (Å²) in [7, 11) is 0. The zero-order chi connectivity index (χ0) is 13.8. The Balaban J connectivity index is 1.92. The van der Waals surface area contributed by atoms with Crippen LogP contribution in [-0.4, -0.2) is 39.7 Å². The molecule has 0 saturated heterocycles. The third-order valence-electron chi connectivity index (χ3n) is 3.17. The van der Waals surface area contributed by atoms with Gasteiger partial charge in [0, 0.05) is 0 Å². The highest BCUT2D eigenvalue weighted by Crippen LogP contribution is 2.29. The summed E-state index contributed by atoms with van der Waals surface area (Å²) in [5, 5.41) is 12.3. The second-order valence-corrected chi connectivity index (χ2v) is 4.49. The van der Waals surface area contributed by atoms with Crippen LogP contribution in [0.25, 0.3) is 0 Å². The number of anilines is 1. The molecule has 0 aromatic carbocycles. The number of nitrogens with zero attached hydrogens (tertiary/aromatic N) is 1. The second kappa shape index (κ2) is 5.83. The third kappa shape index (κ3) is 3.11. The molecule has 0 spiro atoms. The summed E-state index contributed by atoms with van der Waals surface area (Å²) in [5.41, 5.74) is 0. The number of ether oxygens (including phenoxy) is 1. The van der Waals surface area contributed by atoms with E-state index in [-0.39, 0.29) is 24.2 Å². The third-order valence-corrected chi connectivity index (χ3v) is 3.17. The lowest BCUT2D eigenvalue weighted by atomic mass is 9.81. The van der Waals surface area contributed by atoms with E-state index in [9.17, 15) is 14.7 Å². The molecule has 3 N–H and O–H groups in total. The molecule has 1 aliphatic carbocycles. The molecule has 2 rings (SSSR count). The van der Waals surface area contributed by atoms with Crippen LogP contribution in [-0.2, 0) is 9.53 Å². The topological polar surface area (TPSA) is 104 Å². The molecule has 1 aromatic rings. The minimum Gasteiger partial charge on any atom is -0.460 e. The number of carbonyl (C=O) groups excluding carboxylic acids is 2. The Hall–Kier alpha value is -1.89. The molecule has 1 heterocycles. The first-order valence-corrected chi connectivity index (χ1v) is 6.33. The minimum atomic E-state index is -1.01. The van der Waals surface area contributed by atoms with Crippen molar-refractivity contribution in [2.45, 2.75) is 32.3 Å². The van der Waals surface area contributed by atoms with E-state index in [4.69, 9.17) is 4.74 Å². The Morgan fingerprint density at radius 3 is 2.95 bits per heavy atom. The molecule has 7 heteroatoms. The number of aliphatic hydroxyl groups is 1. The zero-order valence-corrected chi connectivity index (χ0v) is 10.7. The number of hydrogen-bond acceptors (Lipinski definition) is 5. The van der Waals surface area contributed by atoms with E-state index in [0.717, 1.165) is 19.3 Å². The largest absolute Gasteiger partial charge is 0.460 e. The number of H-pyrrole nitrogens is 1. The Morgan fingerprint density at radius 2 is 2.37 bits per heavy atom. The molecule has 1 saturated carbocycles. The van der Waals surface area contributed by atoms with E-state index in [1.807, 2.05) is 0 Å². The van der Waals surface area contributed by atoms with Gasteiger partial charge in [-0.3, -0.25) is 4.79 Å². The fourth-order valence-corrected chi connectivity index (χ4v) is 1.86. The first-order chi connectivity index (χ1) is 9.11. The van der Waals surface area contributed by atoms with Gasteiger partial charge < -0.3 is 20.1 Å². The van der Waals surface area contributed by atoms with Gasteiger partial charge in [-0.25, -0.2) is 9.78 Å². The van der Waals surface area contributed by atoms with Gasteiger partial charge in [0.25, 0.3) is 5.91 Å². The molecule has 0 radical (unpaired) electrons. The number of aliphatic hydroxyl groups excluding tert-OH is 1. The summed E-state index contributed by atoms with van der Waals surface area (Å²) in [6.45, 7) is 1.94. The summed E-state index contributed by atoms with van der Waals surface area (Å²) in [6, 6.07) is 0. The van der Waals surface area contributed by atoms with Crippen LogP contribution in [0.1, 0.15) is 36.8 Å². The van der Waals surface area contributed by atoms with Gasteiger partial charge in [-0.1, -0.05) is 6.42 Å². The van der Waals surface area contributed by atoms with Gasteiger partial charge in [-0.2, -0.15) is 0 Å². The molecule has 1 fully saturated rings. The van der Waals surface area contributed by atoms with E-state index in [2.05, 4.69) is 15.3 Å². The fourth-order valence-electron chi connectivity index (χ4n) is 1.86. The summed E-state index contributed by atoms with van der Waals surface area (Å²) in [4.78, 5) is 29.5. The SMILES string of the molecule is CCOC(=O)c1ncc(NC(=O)C(O)C2CCC2)[nH]1. The maximum Gasteiger partial charge on any atom is 0.374 e. The van der Waals surface area contributed by atoms with Crippen LogP contribution in [0.5, 0.6) is 0 Å². The molecule has 0 aliphatic heterocycles. The average Bonchev–Trinajstić information content (AvgIpc) is 2.75. The maximum absolute atomic E-state index is 11.7. The van der Waals surface area contributed by atoms with Gasteiger partial charge in [0.2, 0.25) is 5.82 Å². The predicted molar refractivity (Wildman–Crippen MR) is 66.5 cm³/mol. The number of rotatable bonds is 5. The maximum atomic E-state index is 11.7. The Labute approximate surface area is 110 Å². The molecular formula is C12H17N3O4. The van der Waals surface area contributed by atoms with Crippen molar-refractivity contribution in [3.8, 4) is 0 Å². The summed E-state index contributed by atoms with van der Waals surface area (Å²) < 4.78 is 4.76. The van der Waals surface area contributed by atoms with Crippen LogP contribution in [0.15, 0.2) is 6.20 Å². The molecule has 0 bridgehead atoms. The van der Waals surface area contributed by atoms with E-state index in [1.54, 1.807) is 6.92 Å². The van der Waals surface area contributed by atoms with Crippen molar-refractivity contribution in [1.29, 1.82) is 0 Å². The highest BCUT2D eigenvalue weighted by Gasteiger charge is 2.31. The summed E-state index contributed by atoms with van der Waals surface area (Å²) >= 11 is 0. The normalized spacial score (nSPS) is 16.5. The molecule has 7 nitrogen and oxygen atoms in total. The predicted octanol–water partition coefficient (Wildman–Crippen LogP) is 0.686. The second-order valence-electron chi connectivity index (χ2n) is 4.49. The zero-order valence-electron chi connectivity index (χ0n) is 10.7. The number of amides is 1. The van der Waals surface area contributed by atoms with Gasteiger partial charge in [-0.15, -0.1) is 0 Å². The Morgan fingerprint density at radius 1 is 1.63 bits per heavy atom. The van der Waals surface area contributed by atoms with Gasteiger partial charge in [0.05, 0.1) is 12.8 Å². The Kier molecular flexibility index (Phi) is 4.16. The van der Waals surface area contributed by atoms with Crippen LogP contribution >= 0.6 is 0 Å². The molecule has 104 valence electrons. The number of aromatic amines is 1. The van der Waals surface area contributed by atoms with E-state index >= 15 is 0 Å². The lowest BCUT2D eigenvalue weighted by Crippen LogP contribution is -2.37. The van der Waals surface area contributed by atoms with Crippen molar-refractivity contribution in [1.82, 2.24) is 9.97 Å². The average molecular weight is 267 g/mol. The molecule has 19 heavy (non-hydrogen) atoms. The smallest absolute Gasteiger partial charge is 0.374 e. The molecule has 1 unspecified atom stereocenters. The van der Waals surface area contributed by atoms with Crippen molar-refractivity contribution in [2.75, 3.05) is 11.9 Å². The van der Waals surface area contributed by atoms with Crippen molar-refractivity contribution in [2.24, 2.45) is 5.92 Å². The molecule has 1 aromatic heterocycles. The highest BCUT2D eigenvalue weighted by molar-refractivity contribution is 5.94. The van der Waals surface area contributed by atoms with Crippen molar-refractivity contribution >= 4 is 17.7 Å². The first kappa shape index (κ1) is 13.5. The summed E-state index contributed by atoms with van der Waals surface area (Å²) in [5.74, 6) is -0.736.